The van der Waals surface area contributed by atoms with Gasteiger partial charge in [-0.3, -0.25) is 0 Å². The first-order valence-electron chi connectivity index (χ1n) is 9.48. The van der Waals surface area contributed by atoms with Crippen molar-refractivity contribution >= 4 is 48.3 Å². The van der Waals surface area contributed by atoms with Gasteiger partial charge in [-0.15, -0.1) is 0 Å². The van der Waals surface area contributed by atoms with E-state index in [1.807, 2.05) is 6.07 Å². The third-order valence-corrected chi connectivity index (χ3v) is 6.12. The number of nitrogens with one attached hydrogen (secondary N) is 1. The molecule has 0 saturated heterocycles. The van der Waals surface area contributed by atoms with Crippen LogP contribution in [0.1, 0.15) is 16.7 Å². The van der Waals surface area contributed by atoms with Gasteiger partial charge in [0, 0.05) is 12.2 Å². The summed E-state index contributed by atoms with van der Waals surface area (Å²) in [5.74, 6) is 0.817. The van der Waals surface area contributed by atoms with Gasteiger partial charge in [0.2, 0.25) is 0 Å². The predicted molar refractivity (Wildman–Crippen MR) is 129 cm³/mol. The van der Waals surface area contributed by atoms with Gasteiger partial charge in [0.05, 0.1) is 8.95 Å². The maximum atomic E-state index is 6.18. The van der Waals surface area contributed by atoms with E-state index in [2.05, 4.69) is 117 Å². The molecule has 0 saturated carbocycles. The van der Waals surface area contributed by atoms with Crippen molar-refractivity contribution in [3.8, 4) is 5.75 Å². The van der Waals surface area contributed by atoms with Crippen LogP contribution >= 0.6 is 31.9 Å². The first kappa shape index (κ1) is 20.0. The fraction of sp³-hybridized carbons (Fsp3) is 0.120. The highest BCUT2D eigenvalue weighted by Crippen LogP contribution is 2.36. The quantitative estimate of drug-likeness (QED) is 0.285. The second-order valence-corrected chi connectivity index (χ2v) is 8.69. The van der Waals surface area contributed by atoms with Crippen LogP contribution in [0, 0.1) is 6.92 Å². The second kappa shape index (κ2) is 9.02. The van der Waals surface area contributed by atoms with Crippen LogP contribution < -0.4 is 10.1 Å². The summed E-state index contributed by atoms with van der Waals surface area (Å²) in [6, 6.07) is 27.2. The molecule has 4 aromatic rings. The van der Waals surface area contributed by atoms with Gasteiger partial charge in [0.15, 0.2) is 0 Å². The number of rotatable bonds is 6. The molecule has 0 aliphatic carbocycles. The average Bonchev–Trinajstić information content (AvgIpc) is 2.72. The van der Waals surface area contributed by atoms with Gasteiger partial charge in [0.25, 0.3) is 0 Å². The molecule has 1 N–H and O–H groups in total. The number of para-hydroxylation sites is 1. The largest absolute Gasteiger partial charge is 0.487 e. The highest BCUT2D eigenvalue weighted by atomic mass is 79.9. The zero-order valence-corrected chi connectivity index (χ0v) is 19.3. The van der Waals surface area contributed by atoms with Crippen molar-refractivity contribution in [2.75, 3.05) is 5.32 Å². The Kier molecular flexibility index (Phi) is 6.22. The lowest BCUT2D eigenvalue weighted by molar-refractivity contribution is 0.303. The molecule has 4 rings (SSSR count). The minimum Gasteiger partial charge on any atom is -0.487 e. The lowest BCUT2D eigenvalue weighted by Gasteiger charge is -2.15. The van der Waals surface area contributed by atoms with Crippen LogP contribution in [0.5, 0.6) is 5.75 Å². The van der Waals surface area contributed by atoms with E-state index in [-0.39, 0.29) is 0 Å². The van der Waals surface area contributed by atoms with Crippen LogP contribution in [0.2, 0.25) is 0 Å². The van der Waals surface area contributed by atoms with Crippen molar-refractivity contribution in [2.24, 2.45) is 0 Å². The van der Waals surface area contributed by atoms with Crippen LogP contribution in [-0.4, -0.2) is 0 Å². The maximum Gasteiger partial charge on any atom is 0.148 e. The minimum absolute atomic E-state index is 0.513. The lowest BCUT2D eigenvalue weighted by Crippen LogP contribution is -2.02. The number of ether oxygens (including phenoxy) is 1. The van der Waals surface area contributed by atoms with Crippen LogP contribution in [0.4, 0.5) is 5.69 Å². The van der Waals surface area contributed by atoms with Crippen molar-refractivity contribution in [3.05, 3.63) is 104 Å². The molecule has 0 unspecified atom stereocenters. The predicted octanol–water partition coefficient (Wildman–Crippen LogP) is 7.86. The van der Waals surface area contributed by atoms with E-state index in [0.29, 0.717) is 6.61 Å². The molecule has 0 aliphatic heterocycles. The number of anilines is 1. The molecule has 0 aromatic heterocycles. The monoisotopic (exact) mass is 509 g/mol. The van der Waals surface area contributed by atoms with Crippen LogP contribution in [-0.2, 0) is 13.2 Å². The van der Waals surface area contributed by atoms with Gasteiger partial charge < -0.3 is 10.1 Å². The Morgan fingerprint density at radius 3 is 2.31 bits per heavy atom. The molecule has 0 heterocycles. The Bertz CT molecular complexity index is 1130. The van der Waals surface area contributed by atoms with Crippen molar-refractivity contribution < 1.29 is 4.74 Å². The van der Waals surface area contributed by atoms with E-state index in [0.717, 1.165) is 26.9 Å². The van der Waals surface area contributed by atoms with Crippen LogP contribution in [0.25, 0.3) is 10.8 Å². The number of fused-ring (bicyclic) bond motifs is 1. The molecular weight excluding hydrogens is 490 g/mol. The van der Waals surface area contributed by atoms with Gasteiger partial charge in [-0.05, 0) is 84.4 Å². The molecule has 0 fully saturated rings. The van der Waals surface area contributed by atoms with Crippen molar-refractivity contribution in [2.45, 2.75) is 20.1 Å². The van der Waals surface area contributed by atoms with Gasteiger partial charge in [-0.1, -0.05) is 60.7 Å². The third kappa shape index (κ3) is 4.65. The maximum absolute atomic E-state index is 6.18. The summed E-state index contributed by atoms with van der Waals surface area (Å²) in [6.45, 7) is 3.36. The summed E-state index contributed by atoms with van der Waals surface area (Å²) >= 11 is 7.36. The highest BCUT2D eigenvalue weighted by molar-refractivity contribution is 9.11. The van der Waals surface area contributed by atoms with Gasteiger partial charge in [-0.25, -0.2) is 0 Å². The Morgan fingerprint density at radius 1 is 0.828 bits per heavy atom. The highest BCUT2D eigenvalue weighted by Gasteiger charge is 2.11. The number of hydrogen-bond donors (Lipinski definition) is 1. The zero-order valence-electron chi connectivity index (χ0n) is 16.1. The Balaban J connectivity index is 1.49. The van der Waals surface area contributed by atoms with Crippen LogP contribution in [0.15, 0.2) is 87.8 Å². The zero-order chi connectivity index (χ0) is 20.2. The molecule has 4 heteroatoms. The van der Waals surface area contributed by atoms with Gasteiger partial charge in [0.1, 0.15) is 12.4 Å². The number of benzene rings is 4. The molecule has 29 heavy (non-hydrogen) atoms. The Labute approximate surface area is 188 Å². The summed E-state index contributed by atoms with van der Waals surface area (Å²) in [6.07, 6.45) is 0. The summed E-state index contributed by atoms with van der Waals surface area (Å²) in [5, 5.41) is 5.95. The van der Waals surface area contributed by atoms with Crippen molar-refractivity contribution in [1.29, 1.82) is 0 Å². The number of aryl methyl sites for hydroxylation is 1. The van der Waals surface area contributed by atoms with E-state index >= 15 is 0 Å². The molecular formula is C25H21Br2NO. The molecule has 0 amide bonds. The van der Waals surface area contributed by atoms with E-state index in [1.165, 1.54) is 27.5 Å². The first-order valence-corrected chi connectivity index (χ1v) is 11.1. The smallest absolute Gasteiger partial charge is 0.148 e. The second-order valence-electron chi connectivity index (χ2n) is 6.98. The van der Waals surface area contributed by atoms with Crippen molar-refractivity contribution in [1.82, 2.24) is 0 Å². The molecule has 146 valence electrons. The lowest BCUT2D eigenvalue weighted by atomic mass is 10.1. The standard InChI is InChI=1S/C25H21Br2NO/c1-17-7-2-5-12-24(17)28-15-18-13-22(26)25(23(27)14-18)29-16-20-10-6-9-19-8-3-4-11-21(19)20/h2-14,28H,15-16H2,1H3. The van der Waals surface area contributed by atoms with E-state index in [4.69, 9.17) is 4.74 Å². The molecule has 0 atom stereocenters. The fourth-order valence-corrected chi connectivity index (χ4v) is 4.90. The first-order chi connectivity index (χ1) is 14.1. The Morgan fingerprint density at radius 2 is 1.52 bits per heavy atom. The van der Waals surface area contributed by atoms with Crippen LogP contribution in [0.3, 0.4) is 0 Å². The topological polar surface area (TPSA) is 21.3 Å². The molecule has 0 spiro atoms. The van der Waals surface area contributed by atoms with Gasteiger partial charge >= 0.3 is 0 Å². The number of hydrogen-bond acceptors (Lipinski definition) is 2. The molecule has 2 nitrogen and oxygen atoms in total. The SMILES string of the molecule is Cc1ccccc1NCc1cc(Br)c(OCc2cccc3ccccc23)c(Br)c1. The number of halogens is 2. The normalized spacial score (nSPS) is 10.9. The van der Waals surface area contributed by atoms with E-state index < -0.39 is 0 Å². The molecule has 0 radical (unpaired) electrons. The molecule has 4 aromatic carbocycles. The fourth-order valence-electron chi connectivity index (χ4n) is 3.39. The summed E-state index contributed by atoms with van der Waals surface area (Å²) in [7, 11) is 0. The summed E-state index contributed by atoms with van der Waals surface area (Å²) < 4.78 is 8.06. The average molecular weight is 511 g/mol. The van der Waals surface area contributed by atoms with Crippen molar-refractivity contribution in [3.63, 3.8) is 0 Å². The summed E-state index contributed by atoms with van der Waals surface area (Å²) in [5.41, 5.74) is 4.73. The van der Waals surface area contributed by atoms with E-state index in [1.54, 1.807) is 0 Å². The molecule has 0 bridgehead atoms. The summed E-state index contributed by atoms with van der Waals surface area (Å²) in [4.78, 5) is 0. The minimum atomic E-state index is 0.513. The van der Waals surface area contributed by atoms with Gasteiger partial charge in [-0.2, -0.15) is 0 Å². The van der Waals surface area contributed by atoms with E-state index in [9.17, 15) is 0 Å². The third-order valence-electron chi connectivity index (χ3n) is 4.94. The Hall–Kier alpha value is -2.30. The molecule has 0 aliphatic rings.